The number of phenolic OH excluding ortho intramolecular Hbond substituents is 1. The lowest BCUT2D eigenvalue weighted by atomic mass is 10.00. The number of para-hydroxylation sites is 1. The van der Waals surface area contributed by atoms with Crippen molar-refractivity contribution in [3.8, 4) is 18.1 Å². The molecule has 3 aromatic rings. The molecule has 148 valence electrons. The largest absolute Gasteiger partial charge is 0.508 e. The molecular formula is C24H14N4O2S. The van der Waals surface area contributed by atoms with Crippen LogP contribution in [0.1, 0.15) is 32.3 Å². The summed E-state index contributed by atoms with van der Waals surface area (Å²) in [6, 6.07) is 17.8. The van der Waals surface area contributed by atoms with E-state index in [1.165, 1.54) is 17.8 Å². The molecule has 0 spiro atoms. The number of ketones is 1. The van der Waals surface area contributed by atoms with Crippen molar-refractivity contribution in [1.29, 1.82) is 0 Å². The number of nitrogens with zero attached hydrogens (tertiary/aromatic N) is 3. The fourth-order valence-corrected chi connectivity index (χ4v) is 5.21. The first-order chi connectivity index (χ1) is 15.1. The highest BCUT2D eigenvalue weighted by Gasteiger charge is 2.38. The Bertz CT molecular complexity index is 1400. The van der Waals surface area contributed by atoms with Crippen LogP contribution >= 0.6 is 11.8 Å². The van der Waals surface area contributed by atoms with Gasteiger partial charge in [0.1, 0.15) is 5.75 Å². The van der Waals surface area contributed by atoms with Crippen LogP contribution in [-0.4, -0.2) is 10.9 Å². The van der Waals surface area contributed by atoms with E-state index >= 15 is 0 Å². The predicted molar refractivity (Wildman–Crippen MR) is 121 cm³/mol. The monoisotopic (exact) mass is 422 g/mol. The van der Waals surface area contributed by atoms with Gasteiger partial charge >= 0.3 is 0 Å². The summed E-state index contributed by atoms with van der Waals surface area (Å²) < 4.78 is 0. The van der Waals surface area contributed by atoms with Gasteiger partial charge in [-0.3, -0.25) is 4.79 Å². The molecule has 7 heteroatoms. The molecule has 1 atom stereocenters. The van der Waals surface area contributed by atoms with E-state index < -0.39 is 5.25 Å². The molecule has 2 aliphatic rings. The van der Waals surface area contributed by atoms with Crippen molar-refractivity contribution in [2.75, 3.05) is 5.32 Å². The molecule has 1 aliphatic heterocycles. The van der Waals surface area contributed by atoms with Crippen LogP contribution in [0.5, 0.6) is 5.75 Å². The van der Waals surface area contributed by atoms with Gasteiger partial charge in [-0.25, -0.2) is 0 Å². The Morgan fingerprint density at radius 1 is 1.13 bits per heavy atom. The van der Waals surface area contributed by atoms with Crippen molar-refractivity contribution in [1.82, 2.24) is 0 Å². The zero-order chi connectivity index (χ0) is 21.5. The van der Waals surface area contributed by atoms with Crippen LogP contribution < -0.4 is 5.32 Å². The number of phenols is 1. The molecule has 1 heterocycles. The molecule has 0 aromatic heterocycles. The maximum Gasteiger partial charge on any atom is 0.193 e. The van der Waals surface area contributed by atoms with Gasteiger partial charge in [0.2, 0.25) is 0 Å². The molecule has 0 fully saturated rings. The van der Waals surface area contributed by atoms with Gasteiger partial charge in [0.05, 0.1) is 16.6 Å². The molecule has 0 amide bonds. The highest BCUT2D eigenvalue weighted by molar-refractivity contribution is 8.00. The summed E-state index contributed by atoms with van der Waals surface area (Å²) in [5.74, 6) is 2.49. The second kappa shape index (κ2) is 7.29. The zero-order valence-corrected chi connectivity index (χ0v) is 16.9. The molecule has 5 rings (SSSR count). The quantitative estimate of drug-likeness (QED) is 0.223. The van der Waals surface area contributed by atoms with Crippen LogP contribution in [0.2, 0.25) is 0 Å². The zero-order valence-electron chi connectivity index (χ0n) is 16.0. The molecule has 1 unspecified atom stereocenters. The third kappa shape index (κ3) is 3.11. The first-order valence-corrected chi connectivity index (χ1v) is 10.3. The molecule has 0 saturated carbocycles. The van der Waals surface area contributed by atoms with E-state index in [0.29, 0.717) is 28.0 Å². The Hall–Kier alpha value is -4.11. The van der Waals surface area contributed by atoms with Crippen molar-refractivity contribution in [2.24, 2.45) is 5.11 Å². The summed E-state index contributed by atoms with van der Waals surface area (Å²) in [7, 11) is 0. The van der Waals surface area contributed by atoms with Crippen LogP contribution in [0.4, 0.5) is 11.4 Å². The topological polar surface area (TPSA) is 98.1 Å². The summed E-state index contributed by atoms with van der Waals surface area (Å²) >= 11 is 1.50. The number of nitrogens with one attached hydrogen (secondary N) is 1. The molecule has 1 aliphatic carbocycles. The molecule has 0 bridgehead atoms. The van der Waals surface area contributed by atoms with Crippen LogP contribution in [0.15, 0.2) is 76.2 Å². The SMILES string of the molecule is C#Cc1ccc2c(c1)C1=C(C2=O)C(c2cc(O)cc(N=[N+]=[N-])c2)Sc2ccccc2N1. The van der Waals surface area contributed by atoms with E-state index in [9.17, 15) is 9.90 Å². The number of rotatable bonds is 2. The number of terminal acetylenes is 1. The van der Waals surface area contributed by atoms with Gasteiger partial charge in [0.15, 0.2) is 5.78 Å². The lowest BCUT2D eigenvalue weighted by molar-refractivity contribution is 0.103. The van der Waals surface area contributed by atoms with Gasteiger partial charge in [-0.15, -0.1) is 18.2 Å². The number of hydrogen-bond donors (Lipinski definition) is 2. The first-order valence-electron chi connectivity index (χ1n) is 9.40. The minimum atomic E-state index is -0.430. The highest BCUT2D eigenvalue weighted by Crippen LogP contribution is 2.53. The third-order valence-corrected chi connectivity index (χ3v) is 6.61. The summed E-state index contributed by atoms with van der Waals surface area (Å²) in [5.41, 5.74) is 14.0. The van der Waals surface area contributed by atoms with Crippen molar-refractivity contribution in [3.05, 3.63) is 98.9 Å². The van der Waals surface area contributed by atoms with Crippen LogP contribution in [0.25, 0.3) is 16.1 Å². The van der Waals surface area contributed by atoms with Crippen LogP contribution in [0, 0.1) is 12.3 Å². The standard InChI is InChI=1S/C24H14N4O2S/c1-2-13-7-8-17-18(9-13)22-21(23(17)30)24(31-20-6-4-3-5-19(20)26-22)14-10-15(27-28-25)12-16(29)11-14/h1,3-12,24,26,29H. The summed E-state index contributed by atoms with van der Waals surface area (Å²) in [4.78, 5) is 17.3. The van der Waals surface area contributed by atoms with Crippen molar-refractivity contribution >= 4 is 34.6 Å². The minimum Gasteiger partial charge on any atom is -0.508 e. The molecule has 3 aromatic carbocycles. The highest BCUT2D eigenvalue weighted by atomic mass is 32.2. The van der Waals surface area contributed by atoms with Crippen molar-refractivity contribution in [2.45, 2.75) is 10.1 Å². The van der Waals surface area contributed by atoms with Gasteiger partial charge < -0.3 is 10.4 Å². The molecule has 2 N–H and O–H groups in total. The minimum absolute atomic E-state index is 0.0364. The second-order valence-corrected chi connectivity index (χ2v) is 8.26. The van der Waals surface area contributed by atoms with Crippen LogP contribution in [-0.2, 0) is 0 Å². The predicted octanol–water partition coefficient (Wildman–Crippen LogP) is 6.18. The number of aromatic hydroxyl groups is 1. The van der Waals surface area contributed by atoms with E-state index in [4.69, 9.17) is 12.0 Å². The van der Waals surface area contributed by atoms with Gasteiger partial charge in [0.25, 0.3) is 0 Å². The number of azide groups is 1. The molecular weight excluding hydrogens is 408 g/mol. The average Bonchev–Trinajstić information content (AvgIpc) is 2.93. The second-order valence-electron chi connectivity index (χ2n) is 7.11. The maximum atomic E-state index is 13.5. The third-order valence-electron chi connectivity index (χ3n) is 5.26. The number of benzene rings is 3. The van der Waals surface area contributed by atoms with Gasteiger partial charge in [0, 0.05) is 37.8 Å². The van der Waals surface area contributed by atoms with Gasteiger partial charge in [-0.2, -0.15) is 0 Å². The number of thioether (sulfide) groups is 1. The number of fused-ring (bicyclic) bond motifs is 3. The lowest BCUT2D eigenvalue weighted by Gasteiger charge is -2.18. The number of carbonyl (C=O) groups excluding carboxylic acids is 1. The maximum absolute atomic E-state index is 13.5. The fraction of sp³-hybridized carbons (Fsp3) is 0.0417. The van der Waals surface area contributed by atoms with Crippen LogP contribution in [0.3, 0.4) is 0 Å². The first kappa shape index (κ1) is 18.9. The Labute approximate surface area is 182 Å². The van der Waals surface area contributed by atoms with E-state index in [2.05, 4.69) is 21.3 Å². The van der Waals surface area contributed by atoms with E-state index in [1.54, 1.807) is 24.3 Å². The molecule has 0 radical (unpaired) electrons. The van der Waals surface area contributed by atoms with E-state index in [-0.39, 0.29) is 17.2 Å². The Morgan fingerprint density at radius 3 is 2.77 bits per heavy atom. The Morgan fingerprint density at radius 2 is 1.97 bits per heavy atom. The Balaban J connectivity index is 1.77. The molecule has 31 heavy (non-hydrogen) atoms. The van der Waals surface area contributed by atoms with Crippen molar-refractivity contribution < 1.29 is 9.90 Å². The van der Waals surface area contributed by atoms with E-state index in [0.717, 1.165) is 16.1 Å². The normalized spacial score (nSPS) is 16.2. The number of hydrogen-bond acceptors (Lipinski definition) is 5. The number of anilines is 1. The average molecular weight is 422 g/mol. The molecule has 0 saturated heterocycles. The van der Waals surface area contributed by atoms with Crippen molar-refractivity contribution in [3.63, 3.8) is 0 Å². The summed E-state index contributed by atoms with van der Waals surface area (Å²) in [6.07, 6.45) is 5.59. The molecule has 6 nitrogen and oxygen atoms in total. The van der Waals surface area contributed by atoms with Gasteiger partial charge in [-0.05, 0) is 59.6 Å². The number of carbonyl (C=O) groups is 1. The van der Waals surface area contributed by atoms with Gasteiger partial charge in [-0.1, -0.05) is 23.2 Å². The number of Topliss-reactive ketones (excluding diaryl/α,β-unsaturated/α-hetero) is 1. The summed E-state index contributed by atoms with van der Waals surface area (Å²) in [5, 5.41) is 16.9. The smallest absolute Gasteiger partial charge is 0.193 e. The lowest BCUT2D eigenvalue weighted by Crippen LogP contribution is -2.07. The van der Waals surface area contributed by atoms with E-state index in [1.807, 2.05) is 30.3 Å². The summed E-state index contributed by atoms with van der Waals surface area (Å²) in [6.45, 7) is 0. The fourth-order valence-electron chi connectivity index (χ4n) is 3.93. The Kier molecular flexibility index (Phi) is 4.45.